The summed E-state index contributed by atoms with van der Waals surface area (Å²) < 4.78 is 21.1. The molecule has 4 fully saturated rings. The van der Waals surface area contributed by atoms with E-state index >= 15 is 0 Å². The summed E-state index contributed by atoms with van der Waals surface area (Å²) in [6.07, 6.45) is 15.4. The van der Waals surface area contributed by atoms with E-state index in [0.717, 1.165) is 32.3 Å². The van der Waals surface area contributed by atoms with E-state index in [1.165, 1.54) is 79.5 Å². The summed E-state index contributed by atoms with van der Waals surface area (Å²) in [5.41, 5.74) is 3.78. The van der Waals surface area contributed by atoms with Crippen molar-refractivity contribution in [3.63, 3.8) is 0 Å². The van der Waals surface area contributed by atoms with Crippen LogP contribution in [0.1, 0.15) is 127 Å². The van der Waals surface area contributed by atoms with Gasteiger partial charge in [-0.25, -0.2) is 0 Å². The maximum absolute atomic E-state index is 10.5. The zero-order chi connectivity index (χ0) is 34.0. The molecule has 0 unspecified atom stereocenters. The summed E-state index contributed by atoms with van der Waals surface area (Å²) in [6, 6.07) is 7.06. The Bertz CT molecular complexity index is 1080. The number of allylic oxidation sites excluding steroid dienone is 3. The molecule has 264 valence electrons. The lowest BCUT2D eigenvalue weighted by atomic mass is 9.59. The Morgan fingerprint density at radius 2 is 1.54 bits per heavy atom. The average Bonchev–Trinajstić information content (AvgIpc) is 3.58. The van der Waals surface area contributed by atoms with E-state index in [1.54, 1.807) is 5.57 Å². The zero-order valence-corrected chi connectivity index (χ0v) is 33.7. The molecule has 4 nitrogen and oxygen atoms in total. The lowest BCUT2D eigenvalue weighted by Gasteiger charge is -2.47. The van der Waals surface area contributed by atoms with Crippen LogP contribution in [0.4, 0.5) is 0 Å². The van der Waals surface area contributed by atoms with Gasteiger partial charge in [0.25, 0.3) is 0 Å². The topological polar surface area (TPSA) is 47.9 Å². The molecule has 4 aliphatic rings. The first-order chi connectivity index (χ1) is 21.6. The molecule has 0 aromatic carbocycles. The van der Waals surface area contributed by atoms with Gasteiger partial charge in [0.05, 0.1) is 30.0 Å². The molecule has 3 aliphatic carbocycles. The highest BCUT2D eigenvalue weighted by atomic mass is 28.4. The van der Waals surface area contributed by atoms with E-state index in [2.05, 4.69) is 67.5 Å². The molecule has 1 heterocycles. The van der Waals surface area contributed by atoms with Gasteiger partial charge < -0.3 is 18.7 Å². The first kappa shape index (κ1) is 38.3. The van der Waals surface area contributed by atoms with Gasteiger partial charge >= 0.3 is 0 Å². The molecule has 7 atom stereocenters. The highest BCUT2D eigenvalue weighted by Gasteiger charge is 2.58. The summed E-state index contributed by atoms with van der Waals surface area (Å²) >= 11 is 0. The molecule has 1 N–H and O–H groups in total. The van der Waals surface area contributed by atoms with Gasteiger partial charge in [-0.05, 0) is 143 Å². The second-order valence-corrected chi connectivity index (χ2v) is 26.4. The third-order valence-corrected chi connectivity index (χ3v) is 23.1. The van der Waals surface area contributed by atoms with E-state index in [0.29, 0.717) is 17.8 Å². The number of rotatable bonds is 14. The van der Waals surface area contributed by atoms with Gasteiger partial charge in [0.15, 0.2) is 16.6 Å². The molecule has 6 heteroatoms. The van der Waals surface area contributed by atoms with Crippen LogP contribution in [0.5, 0.6) is 0 Å². The summed E-state index contributed by atoms with van der Waals surface area (Å²) in [7, 11) is -3.53. The van der Waals surface area contributed by atoms with Gasteiger partial charge in [-0.1, -0.05) is 72.8 Å². The van der Waals surface area contributed by atoms with Gasteiger partial charge in [-0.2, -0.15) is 0 Å². The van der Waals surface area contributed by atoms with Crippen molar-refractivity contribution >= 4 is 16.6 Å². The average molecular weight is 673 g/mol. The Balaban J connectivity index is 1.59. The Morgan fingerprint density at radius 3 is 2.13 bits per heavy atom. The van der Waals surface area contributed by atoms with Crippen molar-refractivity contribution < 1.29 is 18.7 Å². The number of hydrogen-bond donors (Lipinski definition) is 1. The number of hydrogen-bond acceptors (Lipinski definition) is 4. The van der Waals surface area contributed by atoms with E-state index in [1.807, 2.05) is 13.8 Å². The minimum Gasteiger partial charge on any atom is -0.413 e. The van der Waals surface area contributed by atoms with Crippen molar-refractivity contribution in [2.45, 2.75) is 187 Å². The van der Waals surface area contributed by atoms with Gasteiger partial charge in [0, 0.05) is 6.42 Å². The minimum atomic E-state index is -1.79. The normalized spacial score (nSPS) is 36.2. The molecule has 46 heavy (non-hydrogen) atoms. The first-order valence-electron chi connectivity index (χ1n) is 19.5. The van der Waals surface area contributed by atoms with Crippen LogP contribution in [-0.4, -0.2) is 51.8 Å². The molecular weight excluding hydrogens is 601 g/mol. The Kier molecular flexibility index (Phi) is 12.6. The maximum Gasteiger partial charge on any atom is 0.192 e. The van der Waals surface area contributed by atoms with E-state index in [9.17, 15) is 5.11 Å². The van der Waals surface area contributed by atoms with Crippen molar-refractivity contribution in [3.8, 4) is 0 Å². The molecule has 0 aromatic rings. The number of ether oxygens (including phenoxy) is 1. The molecule has 0 amide bonds. The van der Waals surface area contributed by atoms with Crippen molar-refractivity contribution in [2.24, 2.45) is 23.2 Å². The lowest BCUT2D eigenvalue weighted by Crippen LogP contribution is -2.46. The fraction of sp³-hybridized carbons (Fsp3) is 0.850. The summed E-state index contributed by atoms with van der Waals surface area (Å²) in [6.45, 7) is 28.4. The molecular formula is C40H72O4Si2. The highest BCUT2D eigenvalue weighted by Crippen LogP contribution is 2.62. The fourth-order valence-electron chi connectivity index (χ4n) is 10.6. The Hall–Kier alpha value is -0.506. The van der Waals surface area contributed by atoms with Crippen molar-refractivity contribution in [2.75, 3.05) is 6.61 Å². The maximum atomic E-state index is 10.5. The van der Waals surface area contributed by atoms with Gasteiger partial charge in [-0.15, -0.1) is 0 Å². The first-order valence-corrected chi connectivity index (χ1v) is 24.5. The summed E-state index contributed by atoms with van der Waals surface area (Å²) in [5, 5.41) is 10.5. The van der Waals surface area contributed by atoms with E-state index in [-0.39, 0.29) is 23.2 Å². The number of aliphatic hydroxyl groups is 1. The molecule has 1 saturated heterocycles. The van der Waals surface area contributed by atoms with Crippen LogP contribution < -0.4 is 0 Å². The van der Waals surface area contributed by atoms with E-state index < -0.39 is 22.2 Å². The SMILES string of the molecule is C=C1/C(=C\C=C2/CCC[C@@]3(C)[C@H]2CC[C@@H]3[C@]2(C)C[C@@H](CC(C)(C)O)CO2)C[C@@H](O[Si](CC)(CC)CC)C[C@@H]1O[Si](CC)(CC)CC. The van der Waals surface area contributed by atoms with Crippen LogP contribution in [-0.2, 0) is 13.6 Å². The predicted octanol–water partition coefficient (Wildman–Crippen LogP) is 11.1. The third-order valence-electron chi connectivity index (χ3n) is 13.7. The predicted molar refractivity (Wildman–Crippen MR) is 200 cm³/mol. The van der Waals surface area contributed by atoms with Crippen LogP contribution in [0.3, 0.4) is 0 Å². The second-order valence-electron chi connectivity index (χ2n) is 17.0. The van der Waals surface area contributed by atoms with Crippen LogP contribution in [0, 0.1) is 23.2 Å². The van der Waals surface area contributed by atoms with Crippen molar-refractivity contribution in [1.29, 1.82) is 0 Å². The minimum absolute atomic E-state index is 0.0796. The van der Waals surface area contributed by atoms with Gasteiger partial charge in [0.1, 0.15) is 0 Å². The van der Waals surface area contributed by atoms with Crippen molar-refractivity contribution in [3.05, 3.63) is 35.5 Å². The third kappa shape index (κ3) is 8.10. The van der Waals surface area contributed by atoms with Crippen LogP contribution in [0.25, 0.3) is 0 Å². The molecule has 1 aliphatic heterocycles. The second kappa shape index (κ2) is 15.2. The van der Waals surface area contributed by atoms with Crippen LogP contribution in [0.15, 0.2) is 35.5 Å². The molecule has 0 radical (unpaired) electrons. The molecule has 0 aromatic heterocycles. The molecule has 4 rings (SSSR count). The van der Waals surface area contributed by atoms with Gasteiger partial charge in [0.2, 0.25) is 0 Å². The Labute approximate surface area is 286 Å². The smallest absolute Gasteiger partial charge is 0.192 e. The number of fused-ring (bicyclic) bond motifs is 1. The summed E-state index contributed by atoms with van der Waals surface area (Å²) in [4.78, 5) is 0. The monoisotopic (exact) mass is 672 g/mol. The lowest BCUT2D eigenvalue weighted by molar-refractivity contribution is -0.0753. The van der Waals surface area contributed by atoms with E-state index in [4.69, 9.17) is 20.2 Å². The summed E-state index contributed by atoms with van der Waals surface area (Å²) in [5.74, 6) is 1.63. The molecule has 0 spiro atoms. The fourth-order valence-corrected chi connectivity index (χ4v) is 16.3. The molecule has 0 bridgehead atoms. The van der Waals surface area contributed by atoms with Crippen molar-refractivity contribution in [1.82, 2.24) is 0 Å². The van der Waals surface area contributed by atoms with Gasteiger partial charge in [-0.3, -0.25) is 0 Å². The Morgan fingerprint density at radius 1 is 0.935 bits per heavy atom. The zero-order valence-electron chi connectivity index (χ0n) is 31.7. The molecule has 3 saturated carbocycles. The largest absolute Gasteiger partial charge is 0.413 e. The standard InChI is InChI=1S/C40H72O4Si2/c1-12-45(13-2,14-3)43-34-25-33(30(7)36(26-34)44-46(15-4,16-5)17-6)21-20-32-19-18-24-39(10)35(32)22-23-37(39)40(11)28-31(29-42-40)27-38(8,9)41/h20-21,31,34-37,41H,7,12-19,22-29H2,1-6,8-11H3/b32-20+,33-21-/t31-,34-,35+,36+,37+,39+,40+/m1/s1. The van der Waals surface area contributed by atoms with Crippen LogP contribution in [0.2, 0.25) is 36.3 Å². The highest BCUT2D eigenvalue weighted by molar-refractivity contribution is 6.74. The quantitative estimate of drug-likeness (QED) is 0.187. The van der Waals surface area contributed by atoms with Crippen LogP contribution >= 0.6 is 0 Å².